The fourth-order valence-electron chi connectivity index (χ4n) is 2.32. The first-order valence-electron chi connectivity index (χ1n) is 7.17. The molecule has 0 heterocycles. The van der Waals surface area contributed by atoms with Crippen LogP contribution in [0.4, 0.5) is 0 Å². The maximum Gasteiger partial charge on any atom is 0.0467 e. The molecule has 1 heteroatoms. The van der Waals surface area contributed by atoms with Gasteiger partial charge in [0.05, 0.1) is 0 Å². The summed E-state index contributed by atoms with van der Waals surface area (Å²) >= 11 is 0. The topological polar surface area (TPSA) is 20.2 Å². The molecule has 104 valence electrons. The normalized spacial score (nSPS) is 14.3. The quantitative estimate of drug-likeness (QED) is 0.831. The number of hydrogen-bond donors (Lipinski definition) is 1. The number of hydrogen-bond acceptors (Lipinski definition) is 1. The molecule has 0 spiro atoms. The third-order valence-corrected chi connectivity index (χ3v) is 3.71. The van der Waals surface area contributed by atoms with Crippen molar-refractivity contribution in [2.75, 3.05) is 6.61 Å². The van der Waals surface area contributed by atoms with Gasteiger partial charge < -0.3 is 5.11 Å². The SMILES string of the molecule is C[C@@H](/C=C/c1ccccc1)[C@@H](CO)Cc1ccccc1. The summed E-state index contributed by atoms with van der Waals surface area (Å²) in [6, 6.07) is 20.6. The van der Waals surface area contributed by atoms with Gasteiger partial charge in [0, 0.05) is 6.61 Å². The van der Waals surface area contributed by atoms with Gasteiger partial charge in [0.15, 0.2) is 0 Å². The van der Waals surface area contributed by atoms with Crippen LogP contribution >= 0.6 is 0 Å². The number of aliphatic hydroxyl groups excluding tert-OH is 1. The first-order chi connectivity index (χ1) is 9.79. The Morgan fingerprint density at radius 1 is 0.950 bits per heavy atom. The lowest BCUT2D eigenvalue weighted by atomic mass is 9.88. The smallest absolute Gasteiger partial charge is 0.0467 e. The zero-order valence-corrected chi connectivity index (χ0v) is 11.9. The Morgan fingerprint density at radius 2 is 1.55 bits per heavy atom. The van der Waals surface area contributed by atoms with Crippen molar-refractivity contribution in [1.82, 2.24) is 0 Å². The lowest BCUT2D eigenvalue weighted by Crippen LogP contribution is -2.17. The summed E-state index contributed by atoms with van der Waals surface area (Å²) < 4.78 is 0. The van der Waals surface area contributed by atoms with Crippen molar-refractivity contribution in [2.24, 2.45) is 11.8 Å². The van der Waals surface area contributed by atoms with Crippen molar-refractivity contribution in [3.8, 4) is 0 Å². The highest BCUT2D eigenvalue weighted by molar-refractivity contribution is 5.48. The van der Waals surface area contributed by atoms with Crippen LogP contribution in [0.25, 0.3) is 6.08 Å². The van der Waals surface area contributed by atoms with E-state index in [-0.39, 0.29) is 12.5 Å². The van der Waals surface area contributed by atoms with Crippen molar-refractivity contribution < 1.29 is 5.11 Å². The second-order valence-corrected chi connectivity index (χ2v) is 5.26. The van der Waals surface area contributed by atoms with E-state index < -0.39 is 0 Å². The van der Waals surface area contributed by atoms with Crippen LogP contribution in [-0.4, -0.2) is 11.7 Å². The van der Waals surface area contributed by atoms with Crippen LogP contribution in [0.5, 0.6) is 0 Å². The Bertz CT molecular complexity index is 516. The highest BCUT2D eigenvalue weighted by Crippen LogP contribution is 2.19. The van der Waals surface area contributed by atoms with Gasteiger partial charge in [-0.15, -0.1) is 0 Å². The van der Waals surface area contributed by atoms with Gasteiger partial charge in [-0.1, -0.05) is 79.7 Å². The second-order valence-electron chi connectivity index (χ2n) is 5.26. The van der Waals surface area contributed by atoms with Crippen LogP contribution in [0.1, 0.15) is 18.1 Å². The van der Waals surface area contributed by atoms with E-state index in [1.54, 1.807) is 0 Å². The highest BCUT2D eigenvalue weighted by Gasteiger charge is 2.14. The molecule has 0 fully saturated rings. The minimum Gasteiger partial charge on any atom is -0.396 e. The van der Waals surface area contributed by atoms with E-state index in [0.717, 1.165) is 6.42 Å². The van der Waals surface area contributed by atoms with Crippen LogP contribution in [0.15, 0.2) is 66.7 Å². The molecule has 20 heavy (non-hydrogen) atoms. The summed E-state index contributed by atoms with van der Waals surface area (Å²) in [5.41, 5.74) is 2.49. The summed E-state index contributed by atoms with van der Waals surface area (Å²) in [5.74, 6) is 0.609. The maximum absolute atomic E-state index is 9.62. The zero-order chi connectivity index (χ0) is 14.2. The Balaban J connectivity index is 1.99. The first kappa shape index (κ1) is 14.5. The number of benzene rings is 2. The summed E-state index contributed by atoms with van der Waals surface area (Å²) in [6.07, 6.45) is 5.25. The van der Waals surface area contributed by atoms with Crippen LogP contribution in [-0.2, 0) is 6.42 Å². The molecule has 0 radical (unpaired) electrons. The van der Waals surface area contributed by atoms with Gasteiger partial charge in [0.2, 0.25) is 0 Å². The van der Waals surface area contributed by atoms with Gasteiger partial charge >= 0.3 is 0 Å². The molecule has 0 saturated heterocycles. The van der Waals surface area contributed by atoms with Crippen molar-refractivity contribution in [1.29, 1.82) is 0 Å². The minimum absolute atomic E-state index is 0.217. The average molecular weight is 266 g/mol. The van der Waals surface area contributed by atoms with E-state index >= 15 is 0 Å². The van der Waals surface area contributed by atoms with E-state index in [9.17, 15) is 5.11 Å². The molecule has 0 aromatic heterocycles. The van der Waals surface area contributed by atoms with E-state index in [1.165, 1.54) is 11.1 Å². The van der Waals surface area contributed by atoms with Crippen LogP contribution in [0.3, 0.4) is 0 Å². The molecule has 1 N–H and O–H groups in total. The summed E-state index contributed by atoms with van der Waals surface area (Å²) in [5, 5.41) is 9.62. The second kappa shape index (κ2) is 7.66. The van der Waals surface area contributed by atoms with Crippen molar-refractivity contribution in [3.05, 3.63) is 77.9 Å². The van der Waals surface area contributed by atoms with E-state index in [0.29, 0.717) is 5.92 Å². The van der Waals surface area contributed by atoms with E-state index in [1.807, 2.05) is 36.4 Å². The predicted octanol–water partition coefficient (Wildman–Crippen LogP) is 4.19. The molecule has 2 atom stereocenters. The van der Waals surface area contributed by atoms with Crippen molar-refractivity contribution in [3.63, 3.8) is 0 Å². The monoisotopic (exact) mass is 266 g/mol. The van der Waals surface area contributed by atoms with Crippen LogP contribution in [0.2, 0.25) is 0 Å². The van der Waals surface area contributed by atoms with Gasteiger partial charge in [-0.05, 0) is 29.4 Å². The summed E-state index contributed by atoms with van der Waals surface area (Å²) in [4.78, 5) is 0. The molecule has 0 amide bonds. The molecule has 2 rings (SSSR count). The fraction of sp³-hybridized carbons (Fsp3) is 0.263. The third-order valence-electron chi connectivity index (χ3n) is 3.71. The average Bonchev–Trinajstić information content (AvgIpc) is 2.52. The number of aliphatic hydroxyl groups is 1. The Labute approximate surface area is 121 Å². The van der Waals surface area contributed by atoms with Gasteiger partial charge in [-0.25, -0.2) is 0 Å². The van der Waals surface area contributed by atoms with Gasteiger partial charge in [0.1, 0.15) is 0 Å². The number of rotatable bonds is 6. The molecule has 0 aliphatic rings. The molecule has 0 aliphatic heterocycles. The first-order valence-corrected chi connectivity index (χ1v) is 7.17. The number of allylic oxidation sites excluding steroid dienone is 1. The third kappa shape index (κ3) is 4.36. The molecule has 2 aromatic rings. The molecule has 0 aliphatic carbocycles. The standard InChI is InChI=1S/C19H22O/c1-16(12-13-17-8-4-2-5-9-17)19(15-20)14-18-10-6-3-7-11-18/h2-13,16,19-20H,14-15H2,1H3/b13-12+/t16-,19+/m0/s1. The molecular formula is C19H22O. The van der Waals surface area contributed by atoms with Crippen LogP contribution < -0.4 is 0 Å². The fourth-order valence-corrected chi connectivity index (χ4v) is 2.32. The predicted molar refractivity (Wildman–Crippen MR) is 85.4 cm³/mol. The lowest BCUT2D eigenvalue weighted by Gasteiger charge is -2.19. The molecule has 0 bridgehead atoms. The Morgan fingerprint density at radius 3 is 2.15 bits per heavy atom. The molecule has 2 aromatic carbocycles. The van der Waals surface area contributed by atoms with Gasteiger partial charge in [-0.3, -0.25) is 0 Å². The summed E-state index contributed by atoms with van der Waals surface area (Å²) in [7, 11) is 0. The summed E-state index contributed by atoms with van der Waals surface area (Å²) in [6.45, 7) is 2.39. The largest absolute Gasteiger partial charge is 0.396 e. The molecule has 0 unspecified atom stereocenters. The Hall–Kier alpha value is -1.86. The van der Waals surface area contributed by atoms with E-state index in [2.05, 4.69) is 43.3 Å². The van der Waals surface area contributed by atoms with Gasteiger partial charge in [0.25, 0.3) is 0 Å². The minimum atomic E-state index is 0.217. The molecular weight excluding hydrogens is 244 g/mol. The lowest BCUT2D eigenvalue weighted by molar-refractivity contribution is 0.199. The van der Waals surface area contributed by atoms with Crippen LogP contribution in [0, 0.1) is 11.8 Å². The Kier molecular flexibility index (Phi) is 5.57. The van der Waals surface area contributed by atoms with Gasteiger partial charge in [-0.2, -0.15) is 0 Å². The maximum atomic E-state index is 9.62. The zero-order valence-electron chi connectivity index (χ0n) is 11.9. The van der Waals surface area contributed by atoms with Crippen molar-refractivity contribution >= 4 is 6.08 Å². The highest BCUT2D eigenvalue weighted by atomic mass is 16.3. The molecule has 1 nitrogen and oxygen atoms in total. The van der Waals surface area contributed by atoms with Crippen molar-refractivity contribution in [2.45, 2.75) is 13.3 Å². The van der Waals surface area contributed by atoms with E-state index in [4.69, 9.17) is 0 Å². The molecule has 0 saturated carbocycles.